The number of halogens is 4. The molecule has 67 heavy (non-hydrogen) atoms. The van der Waals surface area contributed by atoms with Crippen molar-refractivity contribution in [3.8, 4) is 0 Å². The number of nitrogens with zero attached hydrogens (tertiary/aromatic N) is 8. The smallest absolute Gasteiger partial charge is 0.324 e. The number of benzene rings is 4. The Labute approximate surface area is 384 Å². The number of ketones is 2. The fourth-order valence-electron chi connectivity index (χ4n) is 8.15. The summed E-state index contributed by atoms with van der Waals surface area (Å²) in [5.74, 6) is -3.86. The molecule has 0 unspecified atom stereocenters. The number of carbonyl (C=O) groups is 5. The van der Waals surface area contributed by atoms with Gasteiger partial charge in [-0.1, -0.05) is 24.3 Å². The summed E-state index contributed by atoms with van der Waals surface area (Å²) in [6, 6.07) is 18.8. The Balaban J connectivity index is 0.000000201. The number of anilines is 2. The summed E-state index contributed by atoms with van der Waals surface area (Å²) in [6.07, 6.45) is 6.11. The van der Waals surface area contributed by atoms with Crippen LogP contribution in [-0.4, -0.2) is 105 Å². The van der Waals surface area contributed by atoms with Crippen LogP contribution in [0.15, 0.2) is 85.2 Å². The average Bonchev–Trinajstić information content (AvgIpc) is 3.92. The van der Waals surface area contributed by atoms with Crippen molar-refractivity contribution in [1.29, 1.82) is 0 Å². The standard InChI is InChI=1S/C25H26F3N5O3.C23H26FN5O2/c1-31-21-12-19(8-7-17(21)13-30-31)33(25(36)32-9-3-2-4-10-32)15-18-6-5-16(11-20(18)26)22(34)14-29-24(35)23(27)28;1-27-21-12-19(8-7-17(21)14-26-27)29(23(31)28-9-3-2-4-10-28)15-18-6-5-16(11-20(18)24)22(30)13-25/h5-8,11-13,23H,2-4,9-10,14-15H2,1H3,(H,29,35);5-8,11-12,14H,2-4,9-10,13,15,25H2,1H3. The lowest BCUT2D eigenvalue weighted by molar-refractivity contribution is -0.131. The summed E-state index contributed by atoms with van der Waals surface area (Å²) in [5, 5.41) is 12.2. The van der Waals surface area contributed by atoms with E-state index in [9.17, 15) is 37.1 Å². The Morgan fingerprint density at radius 2 is 1.06 bits per heavy atom. The highest BCUT2D eigenvalue weighted by Crippen LogP contribution is 2.29. The highest BCUT2D eigenvalue weighted by Gasteiger charge is 2.28. The number of aromatic nitrogens is 4. The van der Waals surface area contributed by atoms with Gasteiger partial charge in [-0.05, 0) is 87.1 Å². The number of fused-ring (bicyclic) bond motifs is 2. The number of Topliss-reactive ketones (excluding diaryl/α,β-unsaturated/α-hetero) is 2. The van der Waals surface area contributed by atoms with E-state index in [0.29, 0.717) is 43.1 Å². The van der Waals surface area contributed by atoms with E-state index in [2.05, 4.69) is 10.2 Å². The number of piperidine rings is 2. The Morgan fingerprint density at radius 3 is 1.46 bits per heavy atom. The Bertz CT molecular complexity index is 2780. The first-order valence-corrected chi connectivity index (χ1v) is 22.1. The molecule has 15 nitrogen and oxygen atoms in total. The van der Waals surface area contributed by atoms with E-state index in [0.717, 1.165) is 66.4 Å². The molecule has 8 rings (SSSR count). The van der Waals surface area contributed by atoms with Gasteiger partial charge in [0.15, 0.2) is 11.6 Å². The van der Waals surface area contributed by atoms with E-state index in [4.69, 9.17) is 5.73 Å². The molecule has 4 heterocycles. The quantitative estimate of drug-likeness (QED) is 0.0948. The molecule has 0 bridgehead atoms. The zero-order valence-corrected chi connectivity index (χ0v) is 37.3. The highest BCUT2D eigenvalue weighted by molar-refractivity contribution is 6.00. The lowest BCUT2D eigenvalue weighted by Gasteiger charge is -2.33. The van der Waals surface area contributed by atoms with E-state index in [1.54, 1.807) is 56.8 Å². The predicted molar refractivity (Wildman–Crippen MR) is 245 cm³/mol. The van der Waals surface area contributed by atoms with Gasteiger partial charge in [0.05, 0.1) is 49.6 Å². The average molecular weight is 925 g/mol. The minimum Gasteiger partial charge on any atom is -0.344 e. The van der Waals surface area contributed by atoms with Crippen molar-refractivity contribution in [2.45, 2.75) is 58.0 Å². The summed E-state index contributed by atoms with van der Waals surface area (Å²) < 4.78 is 58.0. The van der Waals surface area contributed by atoms with Gasteiger partial charge in [0.1, 0.15) is 11.6 Å². The summed E-state index contributed by atoms with van der Waals surface area (Å²) >= 11 is 0. The van der Waals surface area contributed by atoms with Crippen molar-refractivity contribution in [1.82, 2.24) is 34.7 Å². The molecule has 2 aliphatic heterocycles. The van der Waals surface area contributed by atoms with Crippen molar-refractivity contribution in [3.05, 3.63) is 119 Å². The Kier molecular flexibility index (Phi) is 15.3. The number of amides is 5. The fourth-order valence-corrected chi connectivity index (χ4v) is 8.15. The maximum atomic E-state index is 15.1. The SMILES string of the molecule is Cn1ncc2ccc(N(Cc3ccc(C(=O)CN)cc3F)C(=O)N3CCCCC3)cc21.Cn1ncc2ccc(N(Cc3ccc(C(=O)CNC(=O)C(F)F)cc3F)C(=O)N3CCCCC3)cc21. The van der Waals surface area contributed by atoms with Gasteiger partial charge in [-0.2, -0.15) is 19.0 Å². The number of aryl methyl sites for hydroxylation is 2. The molecule has 3 N–H and O–H groups in total. The molecule has 352 valence electrons. The predicted octanol–water partition coefficient (Wildman–Crippen LogP) is 7.36. The summed E-state index contributed by atoms with van der Waals surface area (Å²) in [4.78, 5) is 68.6. The van der Waals surface area contributed by atoms with Gasteiger partial charge in [-0.15, -0.1) is 0 Å². The maximum absolute atomic E-state index is 15.1. The lowest BCUT2D eigenvalue weighted by atomic mass is 10.1. The number of nitrogens with one attached hydrogen (secondary N) is 1. The third-order valence-corrected chi connectivity index (χ3v) is 12.0. The number of likely N-dealkylation sites (tertiary alicyclic amines) is 2. The van der Waals surface area contributed by atoms with E-state index in [1.807, 2.05) is 47.6 Å². The van der Waals surface area contributed by atoms with Crippen molar-refractivity contribution in [2.75, 3.05) is 49.1 Å². The van der Waals surface area contributed by atoms with E-state index >= 15 is 4.39 Å². The van der Waals surface area contributed by atoms with Crippen molar-refractivity contribution in [3.63, 3.8) is 0 Å². The second kappa shape index (κ2) is 21.4. The molecule has 0 atom stereocenters. The minimum absolute atomic E-state index is 0.0572. The molecule has 5 amide bonds. The zero-order valence-electron chi connectivity index (χ0n) is 37.3. The zero-order chi connectivity index (χ0) is 47.8. The topological polar surface area (TPSA) is 172 Å². The minimum atomic E-state index is -3.24. The van der Waals surface area contributed by atoms with Crippen molar-refractivity contribution in [2.24, 2.45) is 19.8 Å². The second-order valence-corrected chi connectivity index (χ2v) is 16.5. The molecule has 2 aliphatic rings. The molecule has 2 saturated heterocycles. The van der Waals surface area contributed by atoms with Crippen LogP contribution in [0.1, 0.15) is 70.4 Å². The van der Waals surface area contributed by atoms with Crippen LogP contribution in [-0.2, 0) is 32.0 Å². The molecule has 2 aromatic heterocycles. The summed E-state index contributed by atoms with van der Waals surface area (Å²) in [6.45, 7) is 1.73. The van der Waals surface area contributed by atoms with E-state index < -0.39 is 36.3 Å². The number of rotatable bonds is 12. The normalized spacial score (nSPS) is 13.9. The molecule has 0 saturated carbocycles. The van der Waals surface area contributed by atoms with E-state index in [1.165, 1.54) is 23.1 Å². The van der Waals surface area contributed by atoms with Gasteiger partial charge in [0.25, 0.3) is 5.91 Å². The summed E-state index contributed by atoms with van der Waals surface area (Å²) in [7, 11) is 3.64. The fraction of sp³-hybridized carbons (Fsp3) is 0.354. The van der Waals surface area contributed by atoms with Gasteiger partial charge >= 0.3 is 18.5 Å². The monoisotopic (exact) mass is 924 g/mol. The number of carbonyl (C=O) groups excluding carboxylic acids is 5. The largest absolute Gasteiger partial charge is 0.344 e. The van der Waals surface area contributed by atoms with Gasteiger partial charge in [0, 0.05) is 84.7 Å². The lowest BCUT2D eigenvalue weighted by Crippen LogP contribution is -2.45. The van der Waals surface area contributed by atoms with Gasteiger partial charge in [0.2, 0.25) is 0 Å². The van der Waals surface area contributed by atoms with Crippen LogP contribution in [0.4, 0.5) is 38.5 Å². The van der Waals surface area contributed by atoms with Crippen LogP contribution < -0.4 is 20.9 Å². The highest BCUT2D eigenvalue weighted by atomic mass is 19.3. The van der Waals surface area contributed by atoms with Crippen LogP contribution in [0.5, 0.6) is 0 Å². The number of hydrogen-bond donors (Lipinski definition) is 2. The van der Waals surface area contributed by atoms with Crippen molar-refractivity contribution >= 4 is 62.7 Å². The van der Waals surface area contributed by atoms with Crippen LogP contribution >= 0.6 is 0 Å². The molecular formula is C48H52F4N10O5. The Morgan fingerprint density at radius 1 is 0.627 bits per heavy atom. The van der Waals surface area contributed by atoms with Crippen LogP contribution in [0.2, 0.25) is 0 Å². The molecule has 6 aromatic rings. The number of urea groups is 2. The summed E-state index contributed by atoms with van der Waals surface area (Å²) in [5.41, 5.74) is 9.01. The molecule has 0 aliphatic carbocycles. The molecule has 19 heteroatoms. The van der Waals surface area contributed by atoms with Crippen LogP contribution in [0.25, 0.3) is 21.8 Å². The van der Waals surface area contributed by atoms with Crippen molar-refractivity contribution < 1.29 is 41.5 Å². The van der Waals surface area contributed by atoms with Gasteiger partial charge in [-0.25, -0.2) is 18.4 Å². The number of nitrogens with two attached hydrogens (primary N) is 1. The third kappa shape index (κ3) is 11.3. The second-order valence-electron chi connectivity index (χ2n) is 16.5. The Hall–Kier alpha value is -7.15. The van der Waals surface area contributed by atoms with Gasteiger partial charge < -0.3 is 20.9 Å². The van der Waals surface area contributed by atoms with E-state index in [-0.39, 0.29) is 54.2 Å². The maximum Gasteiger partial charge on any atom is 0.324 e. The molecule has 4 aromatic carbocycles. The first-order chi connectivity index (χ1) is 32.2. The molecule has 0 radical (unpaired) electrons. The first kappa shape index (κ1) is 47.8. The first-order valence-electron chi connectivity index (χ1n) is 22.1. The van der Waals surface area contributed by atoms with Gasteiger partial charge in [-0.3, -0.25) is 33.5 Å². The van der Waals surface area contributed by atoms with Crippen LogP contribution in [0.3, 0.4) is 0 Å². The molecule has 0 spiro atoms. The molecular weight excluding hydrogens is 873 g/mol. The number of hydrogen-bond acceptors (Lipinski definition) is 8. The number of alkyl halides is 2. The third-order valence-electron chi connectivity index (χ3n) is 12.0. The molecule has 2 fully saturated rings. The van der Waals surface area contributed by atoms with Crippen LogP contribution in [0, 0.1) is 11.6 Å².